The van der Waals surface area contributed by atoms with Crippen molar-refractivity contribution >= 4 is 28.9 Å². The Labute approximate surface area is 186 Å². The van der Waals surface area contributed by atoms with E-state index in [1.165, 1.54) is 19.2 Å². The van der Waals surface area contributed by atoms with Gasteiger partial charge in [0.1, 0.15) is 24.2 Å². The third kappa shape index (κ3) is 3.66. The second kappa shape index (κ2) is 8.39. The fourth-order valence-electron chi connectivity index (χ4n) is 4.88. The van der Waals surface area contributed by atoms with Crippen LogP contribution < -0.4 is 5.32 Å². The predicted octanol–water partition coefficient (Wildman–Crippen LogP) is 3.75. The maximum Gasteiger partial charge on any atom is 0.323 e. The van der Waals surface area contributed by atoms with Crippen LogP contribution in [0.5, 0.6) is 0 Å². The third-order valence-electron chi connectivity index (χ3n) is 6.51. The van der Waals surface area contributed by atoms with Crippen LogP contribution in [0.3, 0.4) is 0 Å². The molecule has 1 saturated heterocycles. The number of hydrogen-bond acceptors (Lipinski definition) is 5. The lowest BCUT2D eigenvalue weighted by Gasteiger charge is -2.33. The lowest BCUT2D eigenvalue weighted by Crippen LogP contribution is -2.46. The number of carbonyl (C=O) groups is 2. The summed E-state index contributed by atoms with van der Waals surface area (Å²) >= 11 is 0. The first-order chi connectivity index (χ1) is 15.5. The van der Waals surface area contributed by atoms with Crippen LogP contribution in [0.15, 0.2) is 36.4 Å². The molecule has 7 heteroatoms. The Hall–Kier alpha value is -3.19. The van der Waals surface area contributed by atoms with Crippen LogP contribution in [0, 0.1) is 5.82 Å². The highest BCUT2D eigenvalue weighted by Gasteiger charge is 2.33. The van der Waals surface area contributed by atoms with E-state index in [0.717, 1.165) is 55.5 Å². The number of nitrogens with zero attached hydrogens (tertiary/aromatic N) is 1. The molecule has 0 spiro atoms. The molecular formula is C25H25FN2O4. The molecule has 1 atom stereocenters. The van der Waals surface area contributed by atoms with E-state index in [1.807, 2.05) is 12.1 Å². The molecular weight excluding hydrogens is 411 g/mol. The van der Waals surface area contributed by atoms with Crippen molar-refractivity contribution in [2.45, 2.75) is 38.3 Å². The van der Waals surface area contributed by atoms with Gasteiger partial charge in [0, 0.05) is 28.9 Å². The molecule has 1 N–H and O–H groups in total. The molecule has 166 valence electrons. The topological polar surface area (TPSA) is 67.9 Å². The van der Waals surface area contributed by atoms with Gasteiger partial charge in [-0.05, 0) is 49.6 Å². The first kappa shape index (κ1) is 20.7. The normalized spacial score (nSPS) is 22.2. The zero-order chi connectivity index (χ0) is 22.2. The molecule has 2 aromatic rings. The number of hydrogen-bond donors (Lipinski definition) is 1. The highest BCUT2D eigenvalue weighted by Crippen LogP contribution is 2.42. The van der Waals surface area contributed by atoms with Crippen molar-refractivity contribution in [3.63, 3.8) is 0 Å². The summed E-state index contributed by atoms with van der Waals surface area (Å²) in [6, 6.07) is 10.2. The SMILES string of the molecule is COC(=O)C1CCCCN1CCc1ccc2c(c1)CO/C2=C1/C(=O)Nc2ccc(F)cc21. The molecule has 5 rings (SSSR count). The highest BCUT2D eigenvalue weighted by atomic mass is 19.1. The standard InChI is InChI=1S/C25H25FN2O4/c1-31-25(30)21-4-2-3-10-28(21)11-9-15-5-7-18-16(12-15)14-32-23(18)22-19-13-17(26)6-8-20(19)27-24(22)29/h5-8,12-13,21H,2-4,9-11,14H2,1H3,(H,27,29)/b23-22+. The Morgan fingerprint density at radius 1 is 1.22 bits per heavy atom. The Balaban J connectivity index is 1.37. The van der Waals surface area contributed by atoms with Gasteiger partial charge < -0.3 is 14.8 Å². The number of rotatable bonds is 4. The fourth-order valence-corrected chi connectivity index (χ4v) is 4.88. The summed E-state index contributed by atoms with van der Waals surface area (Å²) in [5.41, 5.74) is 4.51. The average Bonchev–Trinajstić information content (AvgIpc) is 3.36. The molecule has 3 aliphatic rings. The van der Waals surface area contributed by atoms with Crippen molar-refractivity contribution in [3.8, 4) is 0 Å². The molecule has 1 amide bonds. The van der Waals surface area contributed by atoms with Gasteiger partial charge in [-0.1, -0.05) is 24.6 Å². The highest BCUT2D eigenvalue weighted by molar-refractivity contribution is 6.36. The van der Waals surface area contributed by atoms with Crippen LogP contribution in [-0.4, -0.2) is 43.0 Å². The Kier molecular flexibility index (Phi) is 5.43. The van der Waals surface area contributed by atoms with Gasteiger partial charge in [0.15, 0.2) is 0 Å². The number of amides is 1. The van der Waals surface area contributed by atoms with E-state index in [9.17, 15) is 14.0 Å². The number of methoxy groups -OCH3 is 1. The van der Waals surface area contributed by atoms with Crippen molar-refractivity contribution < 1.29 is 23.5 Å². The zero-order valence-electron chi connectivity index (χ0n) is 17.9. The van der Waals surface area contributed by atoms with Crippen molar-refractivity contribution in [2.75, 3.05) is 25.5 Å². The minimum Gasteiger partial charge on any atom is -0.487 e. The maximum absolute atomic E-state index is 13.8. The minimum absolute atomic E-state index is 0.158. The van der Waals surface area contributed by atoms with Crippen molar-refractivity contribution in [1.29, 1.82) is 0 Å². The van der Waals surface area contributed by atoms with E-state index in [-0.39, 0.29) is 17.9 Å². The number of carbonyl (C=O) groups excluding carboxylic acids is 2. The Bertz CT molecular complexity index is 1130. The van der Waals surface area contributed by atoms with Crippen LogP contribution in [0.4, 0.5) is 10.1 Å². The number of anilines is 1. The van der Waals surface area contributed by atoms with Gasteiger partial charge in [0.2, 0.25) is 0 Å². The van der Waals surface area contributed by atoms with Crippen molar-refractivity contribution in [2.24, 2.45) is 0 Å². The van der Waals surface area contributed by atoms with Crippen LogP contribution >= 0.6 is 0 Å². The number of piperidine rings is 1. The predicted molar refractivity (Wildman–Crippen MR) is 118 cm³/mol. The van der Waals surface area contributed by atoms with Crippen LogP contribution in [-0.2, 0) is 32.1 Å². The summed E-state index contributed by atoms with van der Waals surface area (Å²) in [5.74, 6) is -0.337. The monoisotopic (exact) mass is 436 g/mol. The summed E-state index contributed by atoms with van der Waals surface area (Å²) in [5, 5.41) is 2.78. The van der Waals surface area contributed by atoms with Crippen LogP contribution in [0.2, 0.25) is 0 Å². The quantitative estimate of drug-likeness (QED) is 0.584. The second-order valence-corrected chi connectivity index (χ2v) is 8.45. The number of fused-ring (bicyclic) bond motifs is 2. The number of esters is 1. The fraction of sp³-hybridized carbons (Fsp3) is 0.360. The molecule has 32 heavy (non-hydrogen) atoms. The van der Waals surface area contributed by atoms with E-state index in [2.05, 4.69) is 16.3 Å². The van der Waals surface area contributed by atoms with E-state index >= 15 is 0 Å². The molecule has 3 aliphatic heterocycles. The van der Waals surface area contributed by atoms with E-state index in [4.69, 9.17) is 9.47 Å². The van der Waals surface area contributed by atoms with E-state index < -0.39 is 5.82 Å². The van der Waals surface area contributed by atoms with Gasteiger partial charge in [0.05, 0.1) is 12.7 Å². The molecule has 1 unspecified atom stereocenters. The first-order valence-corrected chi connectivity index (χ1v) is 11.0. The molecule has 0 saturated carbocycles. The molecule has 1 fully saturated rings. The number of ether oxygens (including phenoxy) is 2. The molecule has 6 nitrogen and oxygen atoms in total. The molecule has 0 bridgehead atoms. The first-order valence-electron chi connectivity index (χ1n) is 11.0. The van der Waals surface area contributed by atoms with Gasteiger partial charge in [-0.2, -0.15) is 0 Å². The van der Waals surface area contributed by atoms with Crippen molar-refractivity contribution in [3.05, 3.63) is 64.5 Å². The van der Waals surface area contributed by atoms with Crippen molar-refractivity contribution in [1.82, 2.24) is 4.90 Å². The van der Waals surface area contributed by atoms with Gasteiger partial charge in [-0.25, -0.2) is 4.39 Å². The number of benzene rings is 2. The summed E-state index contributed by atoms with van der Waals surface area (Å²) < 4.78 is 24.7. The Morgan fingerprint density at radius 2 is 2.09 bits per heavy atom. The summed E-state index contributed by atoms with van der Waals surface area (Å²) in [4.78, 5) is 26.9. The Morgan fingerprint density at radius 3 is 2.94 bits per heavy atom. The van der Waals surface area contributed by atoms with Gasteiger partial charge in [-0.15, -0.1) is 0 Å². The summed E-state index contributed by atoms with van der Waals surface area (Å²) in [6.45, 7) is 2.05. The number of likely N-dealkylation sites (tertiary alicyclic amines) is 1. The van der Waals surface area contributed by atoms with E-state index in [1.54, 1.807) is 6.07 Å². The zero-order valence-corrected chi connectivity index (χ0v) is 17.9. The van der Waals surface area contributed by atoms with Gasteiger partial charge in [-0.3, -0.25) is 14.5 Å². The van der Waals surface area contributed by atoms with Gasteiger partial charge in [0.25, 0.3) is 5.91 Å². The summed E-state index contributed by atoms with van der Waals surface area (Å²) in [7, 11) is 1.44. The largest absolute Gasteiger partial charge is 0.487 e. The smallest absolute Gasteiger partial charge is 0.323 e. The third-order valence-corrected chi connectivity index (χ3v) is 6.51. The lowest BCUT2D eigenvalue weighted by atomic mass is 9.97. The molecule has 0 radical (unpaired) electrons. The maximum atomic E-state index is 13.8. The minimum atomic E-state index is -0.394. The molecule has 2 aromatic carbocycles. The number of nitrogens with one attached hydrogen (secondary N) is 1. The van der Waals surface area contributed by atoms with Gasteiger partial charge >= 0.3 is 5.97 Å². The van der Waals surface area contributed by atoms with Crippen LogP contribution in [0.25, 0.3) is 11.3 Å². The summed E-state index contributed by atoms with van der Waals surface area (Å²) in [6.07, 6.45) is 3.78. The van der Waals surface area contributed by atoms with Crippen LogP contribution in [0.1, 0.15) is 41.5 Å². The lowest BCUT2D eigenvalue weighted by molar-refractivity contribution is -0.148. The molecule has 0 aromatic heterocycles. The van der Waals surface area contributed by atoms with E-state index in [0.29, 0.717) is 29.2 Å². The molecule has 0 aliphatic carbocycles. The molecule has 3 heterocycles. The second-order valence-electron chi connectivity index (χ2n) is 8.45. The average molecular weight is 436 g/mol. The number of halogens is 1.